The average molecular weight is 267 g/mol. The first-order valence-electron chi connectivity index (χ1n) is 6.34. The largest absolute Gasteiger partial charge is 0.444 e. The lowest BCUT2D eigenvalue weighted by atomic mass is 10.2. The molecule has 6 heteroatoms. The summed E-state index contributed by atoms with van der Waals surface area (Å²) in [6.07, 6.45) is 3.23. The Morgan fingerprint density at radius 2 is 2.11 bits per heavy atom. The highest BCUT2D eigenvalue weighted by atomic mass is 16.6. The SMILES string of the molecule is CCC(=O)c1cnn(CCNC(=O)OC(C)(C)C)c1. The monoisotopic (exact) mass is 267 g/mol. The van der Waals surface area contributed by atoms with Gasteiger partial charge in [0.15, 0.2) is 5.78 Å². The van der Waals surface area contributed by atoms with Gasteiger partial charge in [-0.05, 0) is 20.8 Å². The number of ether oxygens (including phenoxy) is 1. The van der Waals surface area contributed by atoms with Crippen molar-refractivity contribution in [2.75, 3.05) is 6.54 Å². The maximum atomic E-state index is 11.4. The normalized spacial score (nSPS) is 11.2. The number of carbonyl (C=O) groups is 2. The minimum absolute atomic E-state index is 0.0614. The van der Waals surface area contributed by atoms with Crippen LogP contribution in [0.2, 0.25) is 0 Å². The van der Waals surface area contributed by atoms with E-state index in [4.69, 9.17) is 4.74 Å². The molecule has 1 amide bonds. The van der Waals surface area contributed by atoms with Crippen LogP contribution in [0.25, 0.3) is 0 Å². The molecule has 0 aliphatic heterocycles. The third-order valence-electron chi connectivity index (χ3n) is 2.29. The first-order valence-corrected chi connectivity index (χ1v) is 6.34. The summed E-state index contributed by atoms with van der Waals surface area (Å²) in [6.45, 7) is 8.13. The molecule has 19 heavy (non-hydrogen) atoms. The van der Waals surface area contributed by atoms with Crippen LogP contribution in [0.3, 0.4) is 0 Å². The van der Waals surface area contributed by atoms with Crippen LogP contribution < -0.4 is 5.32 Å². The molecule has 0 saturated heterocycles. The molecule has 0 aliphatic carbocycles. The molecule has 1 aromatic rings. The van der Waals surface area contributed by atoms with Gasteiger partial charge in [0.25, 0.3) is 0 Å². The van der Waals surface area contributed by atoms with Crippen molar-refractivity contribution < 1.29 is 14.3 Å². The van der Waals surface area contributed by atoms with E-state index >= 15 is 0 Å². The summed E-state index contributed by atoms with van der Waals surface area (Å²) in [7, 11) is 0. The van der Waals surface area contributed by atoms with Crippen LogP contribution in [0.15, 0.2) is 12.4 Å². The number of nitrogens with one attached hydrogen (secondary N) is 1. The Labute approximate surface area is 113 Å². The Bertz CT molecular complexity index is 446. The lowest BCUT2D eigenvalue weighted by molar-refractivity contribution is 0.0525. The molecule has 0 bridgehead atoms. The molecule has 1 heterocycles. The van der Waals surface area contributed by atoms with Gasteiger partial charge in [0.05, 0.1) is 18.3 Å². The van der Waals surface area contributed by atoms with Crippen molar-refractivity contribution >= 4 is 11.9 Å². The number of ketones is 1. The topological polar surface area (TPSA) is 73.2 Å². The van der Waals surface area contributed by atoms with E-state index in [2.05, 4.69) is 10.4 Å². The third kappa shape index (κ3) is 5.54. The van der Waals surface area contributed by atoms with Crippen molar-refractivity contribution in [3.63, 3.8) is 0 Å². The number of carbonyl (C=O) groups excluding carboxylic acids is 2. The summed E-state index contributed by atoms with van der Waals surface area (Å²) < 4.78 is 6.73. The summed E-state index contributed by atoms with van der Waals surface area (Å²) in [4.78, 5) is 22.8. The van der Waals surface area contributed by atoms with Gasteiger partial charge in [-0.15, -0.1) is 0 Å². The molecular formula is C13H21N3O3. The van der Waals surface area contributed by atoms with Gasteiger partial charge in [0.1, 0.15) is 5.60 Å². The van der Waals surface area contributed by atoms with Crippen LogP contribution in [-0.4, -0.2) is 33.8 Å². The van der Waals surface area contributed by atoms with E-state index in [0.29, 0.717) is 25.1 Å². The molecule has 1 rings (SSSR count). The Hall–Kier alpha value is -1.85. The van der Waals surface area contributed by atoms with Gasteiger partial charge >= 0.3 is 6.09 Å². The van der Waals surface area contributed by atoms with E-state index in [1.54, 1.807) is 17.1 Å². The molecule has 6 nitrogen and oxygen atoms in total. The van der Waals surface area contributed by atoms with Gasteiger partial charge in [-0.2, -0.15) is 5.10 Å². The predicted octanol–water partition coefficient (Wildman–Crippen LogP) is 2.00. The second kappa shape index (κ2) is 6.36. The first kappa shape index (κ1) is 15.2. The van der Waals surface area contributed by atoms with Crippen molar-refractivity contribution in [2.24, 2.45) is 0 Å². The minimum atomic E-state index is -0.503. The quantitative estimate of drug-likeness (QED) is 0.828. The molecule has 0 fully saturated rings. The van der Waals surface area contributed by atoms with E-state index in [1.807, 2.05) is 27.7 Å². The zero-order valence-corrected chi connectivity index (χ0v) is 11.9. The summed E-state index contributed by atoms with van der Waals surface area (Å²) in [5, 5.41) is 6.69. The number of rotatable bonds is 5. The lowest BCUT2D eigenvalue weighted by Gasteiger charge is -2.19. The third-order valence-corrected chi connectivity index (χ3v) is 2.29. The fourth-order valence-electron chi connectivity index (χ4n) is 1.42. The molecule has 1 N–H and O–H groups in total. The molecule has 0 unspecified atom stereocenters. The fraction of sp³-hybridized carbons (Fsp3) is 0.615. The Balaban J connectivity index is 2.35. The standard InChI is InChI=1S/C13H21N3O3/c1-5-11(17)10-8-15-16(9-10)7-6-14-12(18)19-13(2,3)4/h8-9H,5-7H2,1-4H3,(H,14,18). The van der Waals surface area contributed by atoms with E-state index in [1.165, 1.54) is 0 Å². The van der Waals surface area contributed by atoms with Gasteiger partial charge < -0.3 is 10.1 Å². The highest BCUT2D eigenvalue weighted by Crippen LogP contribution is 2.06. The highest BCUT2D eigenvalue weighted by molar-refractivity contribution is 5.95. The number of Topliss-reactive ketones (excluding diaryl/α,β-unsaturated/α-hetero) is 1. The highest BCUT2D eigenvalue weighted by Gasteiger charge is 2.15. The Kier molecular flexibility index (Phi) is 5.09. The van der Waals surface area contributed by atoms with E-state index in [-0.39, 0.29) is 5.78 Å². The number of hydrogen-bond acceptors (Lipinski definition) is 4. The van der Waals surface area contributed by atoms with E-state index in [9.17, 15) is 9.59 Å². The minimum Gasteiger partial charge on any atom is -0.444 e. The van der Waals surface area contributed by atoms with Crippen LogP contribution in [0.5, 0.6) is 0 Å². The van der Waals surface area contributed by atoms with E-state index < -0.39 is 11.7 Å². The molecule has 1 aromatic heterocycles. The Morgan fingerprint density at radius 3 is 2.68 bits per heavy atom. The summed E-state index contributed by atoms with van der Waals surface area (Å²) in [5.41, 5.74) is 0.0935. The Morgan fingerprint density at radius 1 is 1.42 bits per heavy atom. The van der Waals surface area contributed by atoms with Gasteiger partial charge in [-0.1, -0.05) is 6.92 Å². The van der Waals surface area contributed by atoms with Crippen molar-refractivity contribution in [2.45, 2.75) is 46.3 Å². The van der Waals surface area contributed by atoms with Crippen LogP contribution in [-0.2, 0) is 11.3 Å². The van der Waals surface area contributed by atoms with Crippen molar-refractivity contribution in [3.8, 4) is 0 Å². The molecule has 0 saturated carbocycles. The van der Waals surface area contributed by atoms with Crippen LogP contribution in [0.4, 0.5) is 4.79 Å². The summed E-state index contributed by atoms with van der Waals surface area (Å²) >= 11 is 0. The molecule has 106 valence electrons. The molecule has 0 aliphatic rings. The zero-order chi connectivity index (χ0) is 14.5. The molecule has 0 atom stereocenters. The smallest absolute Gasteiger partial charge is 0.407 e. The second-order valence-corrected chi connectivity index (χ2v) is 5.20. The molecule has 0 radical (unpaired) electrons. The maximum Gasteiger partial charge on any atom is 0.407 e. The fourth-order valence-corrected chi connectivity index (χ4v) is 1.42. The van der Waals surface area contributed by atoms with Gasteiger partial charge in [-0.25, -0.2) is 4.79 Å². The van der Waals surface area contributed by atoms with Crippen LogP contribution >= 0.6 is 0 Å². The number of hydrogen-bond donors (Lipinski definition) is 1. The zero-order valence-electron chi connectivity index (χ0n) is 11.9. The number of alkyl carbamates (subject to hydrolysis) is 1. The number of aromatic nitrogens is 2. The molecule has 0 spiro atoms. The van der Waals surface area contributed by atoms with Crippen molar-refractivity contribution in [1.82, 2.24) is 15.1 Å². The maximum absolute atomic E-state index is 11.4. The summed E-state index contributed by atoms with van der Waals surface area (Å²) in [6, 6.07) is 0. The first-order chi connectivity index (χ1) is 8.81. The van der Waals surface area contributed by atoms with Crippen LogP contribution in [0, 0.1) is 0 Å². The van der Waals surface area contributed by atoms with Crippen molar-refractivity contribution in [3.05, 3.63) is 18.0 Å². The molecule has 0 aromatic carbocycles. The average Bonchev–Trinajstić information content (AvgIpc) is 2.74. The molecular weight excluding hydrogens is 246 g/mol. The lowest BCUT2D eigenvalue weighted by Crippen LogP contribution is -2.34. The van der Waals surface area contributed by atoms with Crippen LogP contribution in [0.1, 0.15) is 44.5 Å². The van der Waals surface area contributed by atoms with Crippen molar-refractivity contribution in [1.29, 1.82) is 0 Å². The summed E-state index contributed by atoms with van der Waals surface area (Å²) in [5.74, 6) is 0.0614. The van der Waals surface area contributed by atoms with Gasteiger partial charge in [0, 0.05) is 19.2 Å². The number of amides is 1. The van der Waals surface area contributed by atoms with E-state index in [0.717, 1.165) is 0 Å². The predicted molar refractivity (Wildman–Crippen MR) is 71.1 cm³/mol. The second-order valence-electron chi connectivity index (χ2n) is 5.20. The van der Waals surface area contributed by atoms with Gasteiger partial charge in [-0.3, -0.25) is 9.48 Å². The van der Waals surface area contributed by atoms with Gasteiger partial charge in [0.2, 0.25) is 0 Å². The number of nitrogens with zero attached hydrogens (tertiary/aromatic N) is 2.